The number of rotatable bonds is 2. The van der Waals surface area contributed by atoms with Crippen molar-refractivity contribution in [2.24, 2.45) is 0 Å². The van der Waals surface area contributed by atoms with Crippen LogP contribution in [0.1, 0.15) is 44.2 Å². The SMILES string of the molecule is C[C@]1(c2ccccc2)CCC[C@](C)(c2ccccc2)N1. The van der Waals surface area contributed by atoms with Gasteiger partial charge in [-0.3, -0.25) is 5.32 Å². The van der Waals surface area contributed by atoms with Gasteiger partial charge >= 0.3 is 0 Å². The lowest BCUT2D eigenvalue weighted by atomic mass is 9.74. The molecule has 2 atom stereocenters. The van der Waals surface area contributed by atoms with E-state index in [1.807, 2.05) is 0 Å². The van der Waals surface area contributed by atoms with Crippen LogP contribution in [0.5, 0.6) is 0 Å². The summed E-state index contributed by atoms with van der Waals surface area (Å²) in [6.07, 6.45) is 3.64. The van der Waals surface area contributed by atoms with Crippen LogP contribution in [-0.4, -0.2) is 0 Å². The van der Waals surface area contributed by atoms with E-state index in [0.29, 0.717) is 0 Å². The van der Waals surface area contributed by atoms with Crippen molar-refractivity contribution in [1.82, 2.24) is 5.32 Å². The minimum Gasteiger partial charge on any atom is -0.298 e. The first-order valence-corrected chi connectivity index (χ1v) is 7.53. The lowest BCUT2D eigenvalue weighted by Gasteiger charge is -2.47. The molecule has 0 saturated carbocycles. The molecule has 0 aliphatic carbocycles. The quantitative estimate of drug-likeness (QED) is 0.837. The van der Waals surface area contributed by atoms with Crippen molar-refractivity contribution < 1.29 is 0 Å². The second-order valence-electron chi connectivity index (χ2n) is 6.37. The lowest BCUT2D eigenvalue weighted by Crippen LogP contribution is -2.54. The first-order chi connectivity index (χ1) is 9.62. The van der Waals surface area contributed by atoms with Gasteiger partial charge in [0, 0.05) is 11.1 Å². The van der Waals surface area contributed by atoms with Gasteiger partial charge in [-0.25, -0.2) is 0 Å². The maximum Gasteiger partial charge on any atom is 0.0413 e. The van der Waals surface area contributed by atoms with Crippen LogP contribution in [0.2, 0.25) is 0 Å². The van der Waals surface area contributed by atoms with E-state index in [1.165, 1.54) is 30.4 Å². The minimum atomic E-state index is 0.0596. The highest BCUT2D eigenvalue weighted by molar-refractivity contribution is 5.30. The summed E-state index contributed by atoms with van der Waals surface area (Å²) in [6, 6.07) is 21.7. The minimum absolute atomic E-state index is 0.0596. The Hall–Kier alpha value is -1.60. The van der Waals surface area contributed by atoms with E-state index in [2.05, 4.69) is 79.8 Å². The first-order valence-electron chi connectivity index (χ1n) is 7.53. The zero-order chi connectivity index (χ0) is 14.1. The Morgan fingerprint density at radius 3 is 1.50 bits per heavy atom. The van der Waals surface area contributed by atoms with E-state index in [4.69, 9.17) is 0 Å². The fraction of sp³-hybridized carbons (Fsp3) is 0.368. The molecule has 104 valence electrons. The topological polar surface area (TPSA) is 12.0 Å². The molecule has 0 bridgehead atoms. The third-order valence-corrected chi connectivity index (χ3v) is 4.73. The fourth-order valence-corrected chi connectivity index (χ4v) is 3.57. The summed E-state index contributed by atoms with van der Waals surface area (Å²) in [5, 5.41) is 3.94. The van der Waals surface area contributed by atoms with Crippen molar-refractivity contribution in [2.45, 2.75) is 44.2 Å². The van der Waals surface area contributed by atoms with Gasteiger partial charge in [0.1, 0.15) is 0 Å². The third-order valence-electron chi connectivity index (χ3n) is 4.73. The molecule has 2 aromatic rings. The maximum absolute atomic E-state index is 3.94. The summed E-state index contributed by atoms with van der Waals surface area (Å²) >= 11 is 0. The zero-order valence-corrected chi connectivity index (χ0v) is 12.4. The average molecular weight is 265 g/mol. The van der Waals surface area contributed by atoms with Crippen LogP contribution in [0.4, 0.5) is 0 Å². The van der Waals surface area contributed by atoms with Gasteiger partial charge in [0.15, 0.2) is 0 Å². The molecular formula is C19H23N. The Kier molecular flexibility index (Phi) is 3.39. The van der Waals surface area contributed by atoms with Gasteiger partial charge in [0.25, 0.3) is 0 Å². The van der Waals surface area contributed by atoms with Crippen LogP contribution in [0.25, 0.3) is 0 Å². The Labute approximate surface area is 122 Å². The smallest absolute Gasteiger partial charge is 0.0413 e. The summed E-state index contributed by atoms with van der Waals surface area (Å²) in [6.45, 7) is 4.67. The molecule has 0 radical (unpaired) electrons. The molecule has 1 N–H and O–H groups in total. The predicted octanol–water partition coefficient (Wildman–Crippen LogP) is 4.59. The summed E-state index contributed by atoms with van der Waals surface area (Å²) in [5.41, 5.74) is 2.90. The average Bonchev–Trinajstić information content (AvgIpc) is 2.49. The zero-order valence-electron chi connectivity index (χ0n) is 12.4. The molecule has 1 aliphatic rings. The highest BCUT2D eigenvalue weighted by Crippen LogP contribution is 2.40. The van der Waals surface area contributed by atoms with Crippen molar-refractivity contribution in [3.63, 3.8) is 0 Å². The molecule has 1 aliphatic heterocycles. The van der Waals surface area contributed by atoms with Crippen LogP contribution in [0.15, 0.2) is 60.7 Å². The molecule has 1 nitrogen and oxygen atoms in total. The van der Waals surface area contributed by atoms with Gasteiger partial charge < -0.3 is 0 Å². The Balaban J connectivity index is 1.94. The van der Waals surface area contributed by atoms with Gasteiger partial charge in [0.05, 0.1) is 0 Å². The molecule has 1 fully saturated rings. The van der Waals surface area contributed by atoms with Gasteiger partial charge in [-0.05, 0) is 44.2 Å². The van der Waals surface area contributed by atoms with Crippen molar-refractivity contribution in [3.05, 3.63) is 71.8 Å². The molecule has 3 rings (SSSR count). The molecule has 1 heteroatoms. The summed E-state index contributed by atoms with van der Waals surface area (Å²) in [4.78, 5) is 0. The van der Waals surface area contributed by atoms with E-state index in [1.54, 1.807) is 0 Å². The van der Waals surface area contributed by atoms with Gasteiger partial charge in [-0.2, -0.15) is 0 Å². The molecule has 0 amide bonds. The Morgan fingerprint density at radius 2 is 1.10 bits per heavy atom. The van der Waals surface area contributed by atoms with E-state index >= 15 is 0 Å². The highest BCUT2D eigenvalue weighted by atomic mass is 15.1. The van der Waals surface area contributed by atoms with Gasteiger partial charge in [0.2, 0.25) is 0 Å². The summed E-state index contributed by atoms with van der Waals surface area (Å²) in [5.74, 6) is 0. The standard InChI is InChI=1S/C19H23N/c1-18(16-10-5-3-6-11-16)14-9-15-19(2,20-18)17-12-7-4-8-13-17/h3-8,10-13,20H,9,14-15H2,1-2H3/t18-,19-/m1/s1. The normalized spacial score (nSPS) is 30.1. The summed E-state index contributed by atoms with van der Waals surface area (Å²) < 4.78 is 0. The number of benzene rings is 2. The number of hydrogen-bond donors (Lipinski definition) is 1. The van der Waals surface area contributed by atoms with Crippen LogP contribution in [0.3, 0.4) is 0 Å². The van der Waals surface area contributed by atoms with E-state index in [0.717, 1.165) is 0 Å². The van der Waals surface area contributed by atoms with Crippen LogP contribution in [0, 0.1) is 0 Å². The predicted molar refractivity (Wildman–Crippen MR) is 84.6 cm³/mol. The molecule has 0 spiro atoms. The molecule has 1 saturated heterocycles. The van der Waals surface area contributed by atoms with Crippen molar-refractivity contribution in [2.75, 3.05) is 0 Å². The molecule has 0 unspecified atom stereocenters. The maximum atomic E-state index is 3.94. The Morgan fingerprint density at radius 1 is 0.700 bits per heavy atom. The molecule has 20 heavy (non-hydrogen) atoms. The van der Waals surface area contributed by atoms with Gasteiger partial charge in [-0.1, -0.05) is 60.7 Å². The van der Waals surface area contributed by atoms with E-state index in [-0.39, 0.29) is 11.1 Å². The second-order valence-corrected chi connectivity index (χ2v) is 6.37. The van der Waals surface area contributed by atoms with Crippen molar-refractivity contribution >= 4 is 0 Å². The van der Waals surface area contributed by atoms with Crippen LogP contribution >= 0.6 is 0 Å². The molecule has 2 aromatic carbocycles. The number of hydrogen-bond acceptors (Lipinski definition) is 1. The first kappa shape index (κ1) is 13.4. The van der Waals surface area contributed by atoms with Crippen molar-refractivity contribution in [1.29, 1.82) is 0 Å². The highest BCUT2D eigenvalue weighted by Gasteiger charge is 2.40. The molecule has 0 aromatic heterocycles. The largest absolute Gasteiger partial charge is 0.298 e. The van der Waals surface area contributed by atoms with Gasteiger partial charge in [-0.15, -0.1) is 0 Å². The lowest BCUT2D eigenvalue weighted by molar-refractivity contribution is 0.153. The summed E-state index contributed by atoms with van der Waals surface area (Å²) in [7, 11) is 0. The monoisotopic (exact) mass is 265 g/mol. The van der Waals surface area contributed by atoms with E-state index in [9.17, 15) is 0 Å². The Bertz CT molecular complexity index is 511. The number of nitrogens with one attached hydrogen (secondary N) is 1. The third kappa shape index (κ3) is 2.38. The number of piperidine rings is 1. The fourth-order valence-electron chi connectivity index (χ4n) is 3.57. The van der Waals surface area contributed by atoms with E-state index < -0.39 is 0 Å². The van der Waals surface area contributed by atoms with Crippen molar-refractivity contribution in [3.8, 4) is 0 Å². The van der Waals surface area contributed by atoms with Crippen LogP contribution in [-0.2, 0) is 11.1 Å². The second kappa shape index (κ2) is 5.06. The van der Waals surface area contributed by atoms with Crippen LogP contribution < -0.4 is 5.32 Å². The molecular weight excluding hydrogens is 242 g/mol. The molecule has 1 heterocycles.